The van der Waals surface area contributed by atoms with Crippen LogP contribution in [0.2, 0.25) is 5.02 Å². The molecule has 0 aromatic heterocycles. The smallest absolute Gasteiger partial charge is 0.123 e. The first-order valence-corrected chi connectivity index (χ1v) is 6.22. The first-order valence-electron chi connectivity index (χ1n) is 5.84. The maximum atomic E-state index is 13.3. The minimum absolute atomic E-state index is 0.312. The van der Waals surface area contributed by atoms with Gasteiger partial charge in [0.25, 0.3) is 0 Å². The van der Waals surface area contributed by atoms with Crippen LogP contribution in [0, 0.1) is 5.82 Å². The van der Waals surface area contributed by atoms with Crippen LogP contribution in [0.3, 0.4) is 0 Å². The second kappa shape index (κ2) is 6.15. The van der Waals surface area contributed by atoms with Crippen LogP contribution in [-0.2, 0) is 4.74 Å². The lowest BCUT2D eigenvalue weighted by molar-refractivity contribution is -0.0150. The fourth-order valence-corrected chi connectivity index (χ4v) is 2.22. The van der Waals surface area contributed by atoms with Crippen molar-refractivity contribution in [3.05, 3.63) is 70.5 Å². The van der Waals surface area contributed by atoms with Gasteiger partial charge in [-0.1, -0.05) is 41.9 Å². The predicted octanol–water partition coefficient (Wildman–Crippen LogP) is 3.90. The molecular weight excluding hydrogens is 267 g/mol. The summed E-state index contributed by atoms with van der Waals surface area (Å²) in [7, 11) is 1.49. The largest absolute Gasteiger partial charge is 0.385 e. The Hall–Kier alpha value is -1.42. The molecule has 2 rings (SSSR count). The van der Waals surface area contributed by atoms with Crippen LogP contribution in [-0.4, -0.2) is 12.2 Å². The molecule has 2 atom stereocenters. The number of ether oxygens (including phenoxy) is 1. The van der Waals surface area contributed by atoms with E-state index >= 15 is 0 Å². The van der Waals surface area contributed by atoms with Crippen molar-refractivity contribution in [3.63, 3.8) is 0 Å². The number of methoxy groups -OCH3 is 1. The summed E-state index contributed by atoms with van der Waals surface area (Å²) >= 11 is 6.00. The maximum absolute atomic E-state index is 13.3. The van der Waals surface area contributed by atoms with E-state index in [-0.39, 0.29) is 0 Å². The van der Waals surface area contributed by atoms with Crippen LogP contribution in [0.5, 0.6) is 0 Å². The molecule has 2 nitrogen and oxygen atoms in total. The molecule has 2 aromatic carbocycles. The molecule has 100 valence electrons. The van der Waals surface area contributed by atoms with Crippen molar-refractivity contribution >= 4 is 11.6 Å². The second-order valence-electron chi connectivity index (χ2n) is 4.18. The van der Waals surface area contributed by atoms with Gasteiger partial charge >= 0.3 is 0 Å². The molecule has 0 aliphatic rings. The SMILES string of the molecule is COC(c1ccccc1)C(O)c1cc(F)ccc1Cl. The quantitative estimate of drug-likeness (QED) is 0.920. The van der Waals surface area contributed by atoms with E-state index in [0.29, 0.717) is 10.6 Å². The molecule has 19 heavy (non-hydrogen) atoms. The van der Waals surface area contributed by atoms with E-state index < -0.39 is 18.0 Å². The average molecular weight is 281 g/mol. The summed E-state index contributed by atoms with van der Waals surface area (Å²) in [6.45, 7) is 0. The Balaban J connectivity index is 2.36. The summed E-state index contributed by atoms with van der Waals surface area (Å²) in [6.07, 6.45) is -1.63. The fraction of sp³-hybridized carbons (Fsp3) is 0.200. The molecule has 0 fully saturated rings. The Morgan fingerprint density at radius 3 is 2.47 bits per heavy atom. The van der Waals surface area contributed by atoms with Crippen molar-refractivity contribution in [2.45, 2.75) is 12.2 Å². The van der Waals surface area contributed by atoms with Crippen molar-refractivity contribution < 1.29 is 14.2 Å². The molecule has 0 saturated heterocycles. The van der Waals surface area contributed by atoms with E-state index in [2.05, 4.69) is 0 Å². The van der Waals surface area contributed by atoms with Crippen molar-refractivity contribution in [2.24, 2.45) is 0 Å². The summed E-state index contributed by atoms with van der Waals surface area (Å²) in [5, 5.41) is 10.7. The molecule has 0 radical (unpaired) electrons. The van der Waals surface area contributed by atoms with Gasteiger partial charge in [0.15, 0.2) is 0 Å². The molecule has 0 saturated carbocycles. The van der Waals surface area contributed by atoms with Crippen LogP contribution in [0.1, 0.15) is 23.3 Å². The molecule has 0 spiro atoms. The number of hydrogen-bond donors (Lipinski definition) is 1. The average Bonchev–Trinajstić information content (AvgIpc) is 2.43. The van der Waals surface area contributed by atoms with Crippen LogP contribution < -0.4 is 0 Å². The van der Waals surface area contributed by atoms with E-state index in [1.165, 1.54) is 25.3 Å². The summed E-state index contributed by atoms with van der Waals surface area (Å²) in [5.41, 5.74) is 1.12. The van der Waals surface area contributed by atoms with Gasteiger partial charge in [0, 0.05) is 17.7 Å². The van der Waals surface area contributed by atoms with Crippen LogP contribution in [0.15, 0.2) is 48.5 Å². The first-order chi connectivity index (χ1) is 9.13. The third kappa shape index (κ3) is 3.13. The fourth-order valence-electron chi connectivity index (χ4n) is 1.99. The third-order valence-corrected chi connectivity index (χ3v) is 3.29. The minimum Gasteiger partial charge on any atom is -0.385 e. The molecule has 2 unspecified atom stereocenters. The highest BCUT2D eigenvalue weighted by atomic mass is 35.5. The van der Waals surface area contributed by atoms with Gasteiger partial charge in [-0.05, 0) is 23.8 Å². The molecule has 0 heterocycles. The Morgan fingerprint density at radius 2 is 1.84 bits per heavy atom. The zero-order valence-electron chi connectivity index (χ0n) is 10.4. The van der Waals surface area contributed by atoms with Gasteiger partial charge < -0.3 is 9.84 Å². The Morgan fingerprint density at radius 1 is 1.16 bits per heavy atom. The summed E-state index contributed by atoms with van der Waals surface area (Å²) in [4.78, 5) is 0. The second-order valence-corrected chi connectivity index (χ2v) is 4.58. The van der Waals surface area contributed by atoms with Crippen molar-refractivity contribution in [3.8, 4) is 0 Å². The standard InChI is InChI=1S/C15H14ClFO2/c1-19-15(10-5-3-2-4-6-10)14(18)12-9-11(17)7-8-13(12)16/h2-9,14-15,18H,1H3. The molecule has 0 bridgehead atoms. The van der Waals surface area contributed by atoms with Crippen LogP contribution >= 0.6 is 11.6 Å². The molecule has 0 aliphatic carbocycles. The lowest BCUT2D eigenvalue weighted by Crippen LogP contribution is -2.13. The molecule has 0 aliphatic heterocycles. The third-order valence-electron chi connectivity index (χ3n) is 2.95. The van der Waals surface area contributed by atoms with E-state index in [1.54, 1.807) is 0 Å². The molecular formula is C15H14ClFO2. The molecule has 1 N–H and O–H groups in total. The van der Waals surface area contributed by atoms with Gasteiger partial charge in [0.2, 0.25) is 0 Å². The molecule has 2 aromatic rings. The van der Waals surface area contributed by atoms with Crippen molar-refractivity contribution in [2.75, 3.05) is 7.11 Å². The zero-order chi connectivity index (χ0) is 13.8. The van der Waals surface area contributed by atoms with Gasteiger partial charge in [0.05, 0.1) is 0 Å². The molecule has 0 amide bonds. The zero-order valence-corrected chi connectivity index (χ0v) is 11.1. The van der Waals surface area contributed by atoms with Gasteiger partial charge in [-0.25, -0.2) is 4.39 Å². The number of hydrogen-bond acceptors (Lipinski definition) is 2. The highest BCUT2D eigenvalue weighted by molar-refractivity contribution is 6.31. The van der Waals surface area contributed by atoms with Crippen LogP contribution in [0.25, 0.3) is 0 Å². The van der Waals surface area contributed by atoms with E-state index in [1.807, 2.05) is 30.3 Å². The summed E-state index contributed by atoms with van der Waals surface area (Å²) in [6, 6.07) is 13.1. The van der Waals surface area contributed by atoms with E-state index in [4.69, 9.17) is 16.3 Å². The van der Waals surface area contributed by atoms with Crippen molar-refractivity contribution in [1.82, 2.24) is 0 Å². The first kappa shape index (κ1) is 14.0. The highest BCUT2D eigenvalue weighted by Gasteiger charge is 2.24. The highest BCUT2D eigenvalue weighted by Crippen LogP contribution is 2.35. The Labute approximate surface area is 116 Å². The lowest BCUT2D eigenvalue weighted by Gasteiger charge is -2.23. The monoisotopic (exact) mass is 280 g/mol. The van der Waals surface area contributed by atoms with Gasteiger partial charge in [-0.2, -0.15) is 0 Å². The van der Waals surface area contributed by atoms with E-state index in [9.17, 15) is 9.50 Å². The Kier molecular flexibility index (Phi) is 4.53. The minimum atomic E-state index is -1.03. The molecule has 4 heteroatoms. The predicted molar refractivity (Wildman–Crippen MR) is 72.6 cm³/mol. The summed E-state index contributed by atoms with van der Waals surface area (Å²) in [5.74, 6) is -0.443. The van der Waals surface area contributed by atoms with Crippen LogP contribution in [0.4, 0.5) is 4.39 Å². The van der Waals surface area contributed by atoms with Gasteiger partial charge in [0.1, 0.15) is 18.0 Å². The maximum Gasteiger partial charge on any atom is 0.123 e. The van der Waals surface area contributed by atoms with Gasteiger partial charge in [-0.3, -0.25) is 0 Å². The van der Waals surface area contributed by atoms with Crippen molar-refractivity contribution in [1.29, 1.82) is 0 Å². The topological polar surface area (TPSA) is 29.5 Å². The Bertz CT molecular complexity index is 545. The number of aliphatic hydroxyl groups excluding tert-OH is 1. The number of halogens is 2. The number of benzene rings is 2. The lowest BCUT2D eigenvalue weighted by atomic mass is 9.98. The number of aliphatic hydroxyl groups is 1. The van der Waals surface area contributed by atoms with E-state index in [0.717, 1.165) is 5.56 Å². The van der Waals surface area contributed by atoms with Gasteiger partial charge in [-0.15, -0.1) is 0 Å². The number of rotatable bonds is 4. The normalized spacial score (nSPS) is 14.1. The summed E-state index contributed by atoms with van der Waals surface area (Å²) < 4.78 is 18.6.